The van der Waals surface area contributed by atoms with Gasteiger partial charge in [0.2, 0.25) is 5.90 Å². The van der Waals surface area contributed by atoms with Crippen molar-refractivity contribution >= 4 is 11.9 Å². The number of hydrogen-bond acceptors (Lipinski definition) is 4. The molecule has 4 nitrogen and oxygen atoms in total. The first-order valence-corrected chi connectivity index (χ1v) is 3.52. The van der Waals surface area contributed by atoms with Gasteiger partial charge >= 0.3 is 5.97 Å². The first-order valence-electron chi connectivity index (χ1n) is 3.52. The molecule has 2 N–H and O–H groups in total. The van der Waals surface area contributed by atoms with Gasteiger partial charge in [-0.3, -0.25) is 10.2 Å². The third kappa shape index (κ3) is 4.62. The molecule has 0 bridgehead atoms. The molecule has 0 aromatic rings. The van der Waals surface area contributed by atoms with Crippen molar-refractivity contribution in [3.63, 3.8) is 0 Å². The molecule has 1 rings (SSSR count). The monoisotopic (exact) mass is 171 g/mol. The van der Waals surface area contributed by atoms with Crippen LogP contribution in [-0.4, -0.2) is 23.1 Å². The Balaban J connectivity index is 0.000000261. The maximum Gasteiger partial charge on any atom is 0.315 e. The number of carbonyl (C=O) groups is 1. The lowest BCUT2D eigenvalue weighted by atomic mass is 10.3. The maximum absolute atomic E-state index is 10.1. The Morgan fingerprint density at radius 3 is 2.25 bits per heavy atom. The standard InChI is InChI=1S/C4H5NO3.C4H8/c5-4-2(6)1-3(7)8-4;1-4(2)3/h2,5-6H,1H2;1H2,2-3H3. The molecule has 1 unspecified atom stereocenters. The Morgan fingerprint density at radius 1 is 1.75 bits per heavy atom. The van der Waals surface area contributed by atoms with Gasteiger partial charge in [0.05, 0.1) is 6.42 Å². The fraction of sp³-hybridized carbons (Fsp3) is 0.500. The molecule has 0 saturated carbocycles. The Hall–Kier alpha value is -1.16. The number of rotatable bonds is 0. The smallest absolute Gasteiger partial charge is 0.315 e. The Morgan fingerprint density at radius 2 is 2.17 bits per heavy atom. The zero-order chi connectivity index (χ0) is 9.72. The Kier molecular flexibility index (Phi) is 4.21. The third-order valence-electron chi connectivity index (χ3n) is 0.886. The van der Waals surface area contributed by atoms with Crippen LogP contribution < -0.4 is 0 Å². The summed E-state index contributed by atoms with van der Waals surface area (Å²) in [5, 5.41) is 15.3. The van der Waals surface area contributed by atoms with E-state index in [0.29, 0.717) is 0 Å². The van der Waals surface area contributed by atoms with Crippen molar-refractivity contribution in [2.75, 3.05) is 0 Å². The summed E-state index contributed by atoms with van der Waals surface area (Å²) in [4.78, 5) is 10.1. The minimum Gasteiger partial charge on any atom is -0.409 e. The van der Waals surface area contributed by atoms with Gasteiger partial charge in [0.25, 0.3) is 0 Å². The summed E-state index contributed by atoms with van der Waals surface area (Å²) in [6, 6.07) is 0. The van der Waals surface area contributed by atoms with Crippen LogP contribution in [0.2, 0.25) is 0 Å². The van der Waals surface area contributed by atoms with Crippen LogP contribution >= 0.6 is 0 Å². The number of hydrogen-bond donors (Lipinski definition) is 2. The molecule has 0 radical (unpaired) electrons. The Bertz CT molecular complexity index is 206. The molecule has 1 heterocycles. The number of nitrogens with one attached hydrogen (secondary N) is 1. The van der Waals surface area contributed by atoms with E-state index in [2.05, 4.69) is 11.3 Å². The summed E-state index contributed by atoms with van der Waals surface area (Å²) >= 11 is 0. The van der Waals surface area contributed by atoms with Crippen LogP contribution in [0.15, 0.2) is 12.2 Å². The summed E-state index contributed by atoms with van der Waals surface area (Å²) in [5.41, 5.74) is 1.17. The zero-order valence-electron chi connectivity index (χ0n) is 7.26. The van der Waals surface area contributed by atoms with Crippen molar-refractivity contribution in [2.45, 2.75) is 26.4 Å². The Labute approximate surface area is 71.4 Å². The molecular weight excluding hydrogens is 158 g/mol. The minimum atomic E-state index is -0.998. The summed E-state index contributed by atoms with van der Waals surface area (Å²) in [7, 11) is 0. The van der Waals surface area contributed by atoms with Gasteiger partial charge in [0, 0.05) is 0 Å². The number of aliphatic hydroxyl groups excluding tert-OH is 1. The second kappa shape index (κ2) is 4.66. The molecule has 4 heteroatoms. The lowest BCUT2D eigenvalue weighted by Gasteiger charge is -1.90. The van der Waals surface area contributed by atoms with E-state index in [0.717, 1.165) is 0 Å². The van der Waals surface area contributed by atoms with Crippen molar-refractivity contribution < 1.29 is 14.6 Å². The predicted octanol–water partition coefficient (Wildman–Crippen LogP) is 0.854. The lowest BCUT2D eigenvalue weighted by Crippen LogP contribution is -2.10. The number of ether oxygens (including phenoxy) is 1. The highest BCUT2D eigenvalue weighted by Gasteiger charge is 2.27. The lowest BCUT2D eigenvalue weighted by molar-refractivity contribution is -0.133. The maximum atomic E-state index is 10.1. The fourth-order valence-electron chi connectivity index (χ4n) is 0.483. The molecule has 0 aliphatic carbocycles. The van der Waals surface area contributed by atoms with Crippen molar-refractivity contribution in [1.82, 2.24) is 0 Å². The largest absolute Gasteiger partial charge is 0.409 e. The van der Waals surface area contributed by atoms with Gasteiger partial charge in [0.1, 0.15) is 6.10 Å². The van der Waals surface area contributed by atoms with E-state index in [1.54, 1.807) is 0 Å². The van der Waals surface area contributed by atoms with Gasteiger partial charge in [-0.15, -0.1) is 6.58 Å². The van der Waals surface area contributed by atoms with Gasteiger partial charge < -0.3 is 9.84 Å². The van der Waals surface area contributed by atoms with E-state index >= 15 is 0 Å². The first kappa shape index (κ1) is 10.8. The molecule has 1 aliphatic heterocycles. The molecular formula is C8H13NO3. The number of aliphatic hydroxyl groups is 1. The van der Waals surface area contributed by atoms with Crippen molar-refractivity contribution in [3.05, 3.63) is 12.2 Å². The van der Waals surface area contributed by atoms with Crippen LogP contribution in [0.3, 0.4) is 0 Å². The SMILES string of the molecule is C=C(C)C.N=C1OC(=O)CC1O. The number of carbonyl (C=O) groups excluding carboxylic acids is 1. The quantitative estimate of drug-likeness (QED) is 0.419. The molecule has 1 aliphatic rings. The molecule has 1 saturated heterocycles. The zero-order valence-corrected chi connectivity index (χ0v) is 7.26. The molecule has 68 valence electrons. The summed E-state index contributed by atoms with van der Waals surface area (Å²) in [6.45, 7) is 7.50. The van der Waals surface area contributed by atoms with E-state index in [1.807, 2.05) is 13.8 Å². The van der Waals surface area contributed by atoms with Crippen LogP contribution in [0.5, 0.6) is 0 Å². The van der Waals surface area contributed by atoms with Crippen LogP contribution in [0.1, 0.15) is 20.3 Å². The average molecular weight is 171 g/mol. The molecule has 0 amide bonds. The fourth-order valence-corrected chi connectivity index (χ4v) is 0.483. The third-order valence-corrected chi connectivity index (χ3v) is 0.886. The normalized spacial score (nSPS) is 21.1. The van der Waals surface area contributed by atoms with Gasteiger partial charge in [-0.2, -0.15) is 0 Å². The van der Waals surface area contributed by atoms with E-state index in [9.17, 15) is 4.79 Å². The topological polar surface area (TPSA) is 70.4 Å². The van der Waals surface area contributed by atoms with E-state index in [1.165, 1.54) is 5.57 Å². The van der Waals surface area contributed by atoms with Crippen molar-refractivity contribution in [1.29, 1.82) is 5.41 Å². The van der Waals surface area contributed by atoms with Crippen LogP contribution in [-0.2, 0) is 9.53 Å². The van der Waals surface area contributed by atoms with Crippen LogP contribution in [0, 0.1) is 5.41 Å². The number of cyclic esters (lactones) is 1. The van der Waals surface area contributed by atoms with Gasteiger partial charge in [-0.05, 0) is 13.8 Å². The van der Waals surface area contributed by atoms with Gasteiger partial charge in [-0.25, -0.2) is 0 Å². The highest BCUT2D eigenvalue weighted by Crippen LogP contribution is 2.06. The molecule has 1 fully saturated rings. The van der Waals surface area contributed by atoms with E-state index in [4.69, 9.17) is 10.5 Å². The summed E-state index contributed by atoms with van der Waals surface area (Å²) in [6.07, 6.45) is -1.07. The van der Waals surface area contributed by atoms with E-state index < -0.39 is 12.1 Å². The summed E-state index contributed by atoms with van der Waals surface area (Å²) in [5.74, 6) is -0.863. The molecule has 0 spiro atoms. The predicted molar refractivity (Wildman–Crippen MR) is 44.9 cm³/mol. The van der Waals surface area contributed by atoms with Crippen molar-refractivity contribution in [2.24, 2.45) is 0 Å². The minimum absolute atomic E-state index is 0.0706. The number of esters is 1. The second-order valence-corrected chi connectivity index (χ2v) is 2.77. The summed E-state index contributed by atoms with van der Waals surface area (Å²) < 4.78 is 4.17. The van der Waals surface area contributed by atoms with Crippen LogP contribution in [0.25, 0.3) is 0 Å². The molecule has 0 aromatic carbocycles. The van der Waals surface area contributed by atoms with Gasteiger partial charge in [0.15, 0.2) is 0 Å². The highest BCUT2D eigenvalue weighted by atomic mass is 16.6. The van der Waals surface area contributed by atoms with Gasteiger partial charge in [-0.1, -0.05) is 5.57 Å². The van der Waals surface area contributed by atoms with Crippen molar-refractivity contribution in [3.8, 4) is 0 Å². The average Bonchev–Trinajstić information content (AvgIpc) is 2.08. The van der Waals surface area contributed by atoms with Crippen LogP contribution in [0.4, 0.5) is 0 Å². The molecule has 0 aromatic heterocycles. The first-order chi connectivity index (χ1) is 5.43. The molecule has 1 atom stereocenters. The second-order valence-electron chi connectivity index (χ2n) is 2.77. The highest BCUT2D eigenvalue weighted by molar-refractivity contribution is 5.97. The number of allylic oxidation sites excluding steroid dienone is 1. The van der Waals surface area contributed by atoms with E-state index in [-0.39, 0.29) is 12.3 Å². The molecule has 12 heavy (non-hydrogen) atoms.